The Morgan fingerprint density at radius 3 is 2.45 bits per heavy atom. The van der Waals surface area contributed by atoms with Gasteiger partial charge in [0.15, 0.2) is 0 Å². The van der Waals surface area contributed by atoms with Crippen LogP contribution in [-0.2, 0) is 6.54 Å². The smallest absolute Gasteiger partial charge is 0.119 e. The maximum atomic E-state index is 5.81. The van der Waals surface area contributed by atoms with Crippen LogP contribution in [0.4, 0.5) is 0 Å². The Hall–Kier alpha value is -1.74. The summed E-state index contributed by atoms with van der Waals surface area (Å²) in [6, 6.07) is 14.1. The third-order valence-electron chi connectivity index (χ3n) is 3.21. The van der Waals surface area contributed by atoms with E-state index in [1.54, 1.807) is 0 Å². The SMILES string of the molecule is CC(C)(COc1ccccc1)NCCCn1cccc1. The zero-order valence-corrected chi connectivity index (χ0v) is 12.4. The number of nitrogens with zero attached hydrogens (tertiary/aromatic N) is 1. The van der Waals surface area contributed by atoms with Crippen LogP contribution in [0, 0.1) is 0 Å². The van der Waals surface area contributed by atoms with Gasteiger partial charge in [-0.05, 0) is 51.1 Å². The largest absolute Gasteiger partial charge is 0.492 e. The maximum absolute atomic E-state index is 5.81. The zero-order valence-electron chi connectivity index (χ0n) is 12.4. The molecule has 0 saturated carbocycles. The van der Waals surface area contributed by atoms with Crippen molar-refractivity contribution < 1.29 is 4.74 Å². The summed E-state index contributed by atoms with van der Waals surface area (Å²) in [5.74, 6) is 0.926. The molecular formula is C17H24N2O. The highest BCUT2D eigenvalue weighted by Crippen LogP contribution is 2.11. The minimum atomic E-state index is -0.0213. The Morgan fingerprint density at radius 1 is 1.05 bits per heavy atom. The number of hydrogen-bond donors (Lipinski definition) is 1. The van der Waals surface area contributed by atoms with Crippen molar-refractivity contribution in [1.82, 2.24) is 9.88 Å². The van der Waals surface area contributed by atoms with Crippen LogP contribution in [0.25, 0.3) is 0 Å². The molecule has 1 heterocycles. The van der Waals surface area contributed by atoms with Gasteiger partial charge in [0.1, 0.15) is 12.4 Å². The second-order valence-corrected chi connectivity index (χ2v) is 5.69. The van der Waals surface area contributed by atoms with Crippen LogP contribution in [0.15, 0.2) is 54.9 Å². The molecule has 2 aromatic rings. The Kier molecular flexibility index (Phi) is 5.24. The van der Waals surface area contributed by atoms with Crippen molar-refractivity contribution in [3.63, 3.8) is 0 Å². The molecule has 0 amide bonds. The van der Waals surface area contributed by atoms with Crippen molar-refractivity contribution >= 4 is 0 Å². The number of ether oxygens (including phenoxy) is 1. The summed E-state index contributed by atoms with van der Waals surface area (Å²) in [6.07, 6.45) is 5.32. The number of nitrogens with one attached hydrogen (secondary N) is 1. The zero-order chi connectivity index (χ0) is 14.3. The molecule has 0 spiro atoms. The molecule has 0 aliphatic carbocycles. The van der Waals surface area contributed by atoms with Crippen LogP contribution in [0.1, 0.15) is 20.3 Å². The lowest BCUT2D eigenvalue weighted by molar-refractivity contribution is 0.207. The van der Waals surface area contributed by atoms with Crippen LogP contribution < -0.4 is 10.1 Å². The molecular weight excluding hydrogens is 248 g/mol. The molecule has 0 saturated heterocycles. The normalized spacial score (nSPS) is 11.5. The maximum Gasteiger partial charge on any atom is 0.119 e. The summed E-state index contributed by atoms with van der Waals surface area (Å²) in [4.78, 5) is 0. The average molecular weight is 272 g/mol. The first-order valence-corrected chi connectivity index (χ1v) is 7.19. The first-order chi connectivity index (χ1) is 9.66. The van der Waals surface area contributed by atoms with Gasteiger partial charge in [-0.2, -0.15) is 0 Å². The molecule has 0 bridgehead atoms. The van der Waals surface area contributed by atoms with E-state index < -0.39 is 0 Å². The van der Waals surface area contributed by atoms with Gasteiger partial charge in [-0.15, -0.1) is 0 Å². The molecule has 0 atom stereocenters. The van der Waals surface area contributed by atoms with Gasteiger partial charge in [0.25, 0.3) is 0 Å². The van der Waals surface area contributed by atoms with Gasteiger partial charge < -0.3 is 14.6 Å². The van der Waals surface area contributed by atoms with Crippen molar-refractivity contribution in [2.24, 2.45) is 0 Å². The molecule has 0 unspecified atom stereocenters. The van der Waals surface area contributed by atoms with E-state index in [0.29, 0.717) is 6.61 Å². The summed E-state index contributed by atoms with van der Waals surface area (Å²) in [6.45, 7) is 7.05. The fourth-order valence-corrected chi connectivity index (χ4v) is 2.04. The van der Waals surface area contributed by atoms with E-state index in [-0.39, 0.29) is 5.54 Å². The summed E-state index contributed by atoms with van der Waals surface area (Å²) in [5.41, 5.74) is -0.0213. The summed E-state index contributed by atoms with van der Waals surface area (Å²) < 4.78 is 8.01. The third kappa shape index (κ3) is 5.10. The average Bonchev–Trinajstić information content (AvgIpc) is 2.96. The molecule has 3 heteroatoms. The molecule has 1 aromatic carbocycles. The Balaban J connectivity index is 1.65. The van der Waals surface area contributed by atoms with Crippen LogP contribution in [-0.4, -0.2) is 23.3 Å². The van der Waals surface area contributed by atoms with Crippen LogP contribution >= 0.6 is 0 Å². The van der Waals surface area contributed by atoms with Crippen molar-refractivity contribution in [2.45, 2.75) is 32.4 Å². The first kappa shape index (κ1) is 14.7. The number of rotatable bonds is 8. The highest BCUT2D eigenvalue weighted by Gasteiger charge is 2.17. The fourth-order valence-electron chi connectivity index (χ4n) is 2.04. The van der Waals surface area contributed by atoms with Crippen molar-refractivity contribution in [3.8, 4) is 5.75 Å². The molecule has 108 valence electrons. The standard InChI is InChI=1S/C17H24N2O/c1-17(2,15-20-16-9-4-3-5-10-16)18-11-8-14-19-12-6-7-13-19/h3-7,9-10,12-13,18H,8,11,14-15H2,1-2H3. The topological polar surface area (TPSA) is 26.2 Å². The van der Waals surface area contributed by atoms with Crippen molar-refractivity contribution in [1.29, 1.82) is 0 Å². The molecule has 0 aliphatic rings. The Morgan fingerprint density at radius 2 is 1.75 bits per heavy atom. The number of aryl methyl sites for hydroxylation is 1. The van der Waals surface area contributed by atoms with Crippen LogP contribution in [0.2, 0.25) is 0 Å². The molecule has 1 aromatic heterocycles. The second-order valence-electron chi connectivity index (χ2n) is 5.69. The lowest BCUT2D eigenvalue weighted by atomic mass is 10.1. The molecule has 2 rings (SSSR count). The number of aromatic nitrogens is 1. The lowest BCUT2D eigenvalue weighted by Gasteiger charge is -2.26. The fraction of sp³-hybridized carbons (Fsp3) is 0.412. The Labute approximate surface area is 121 Å². The van der Waals surface area contributed by atoms with Crippen LogP contribution in [0.3, 0.4) is 0 Å². The van der Waals surface area contributed by atoms with Gasteiger partial charge >= 0.3 is 0 Å². The van der Waals surface area contributed by atoms with Gasteiger partial charge in [0.05, 0.1) is 0 Å². The quantitative estimate of drug-likeness (QED) is 0.746. The second kappa shape index (κ2) is 7.15. The number of benzene rings is 1. The molecule has 0 radical (unpaired) electrons. The molecule has 0 aliphatic heterocycles. The van der Waals surface area contributed by atoms with E-state index in [9.17, 15) is 0 Å². The van der Waals surface area contributed by atoms with E-state index in [1.807, 2.05) is 30.3 Å². The Bertz CT molecular complexity index is 477. The predicted molar refractivity (Wildman–Crippen MR) is 83.1 cm³/mol. The van der Waals surface area contributed by atoms with Gasteiger partial charge in [-0.25, -0.2) is 0 Å². The molecule has 3 nitrogen and oxygen atoms in total. The molecule has 1 N–H and O–H groups in total. The highest BCUT2D eigenvalue weighted by atomic mass is 16.5. The van der Waals surface area contributed by atoms with E-state index >= 15 is 0 Å². The predicted octanol–water partition coefficient (Wildman–Crippen LogP) is 3.33. The van der Waals surface area contributed by atoms with Crippen molar-refractivity contribution in [2.75, 3.05) is 13.2 Å². The minimum Gasteiger partial charge on any atom is -0.492 e. The summed E-state index contributed by atoms with van der Waals surface area (Å²) in [5, 5.41) is 3.55. The van der Waals surface area contributed by atoms with Gasteiger partial charge in [-0.3, -0.25) is 0 Å². The molecule has 20 heavy (non-hydrogen) atoms. The number of hydrogen-bond acceptors (Lipinski definition) is 2. The lowest BCUT2D eigenvalue weighted by Crippen LogP contribution is -2.45. The van der Waals surface area contributed by atoms with Gasteiger partial charge in [-0.1, -0.05) is 18.2 Å². The third-order valence-corrected chi connectivity index (χ3v) is 3.21. The highest BCUT2D eigenvalue weighted by molar-refractivity contribution is 5.21. The molecule has 0 fully saturated rings. The monoisotopic (exact) mass is 272 g/mol. The van der Waals surface area contributed by atoms with E-state index in [2.05, 4.69) is 48.3 Å². The van der Waals surface area contributed by atoms with E-state index in [0.717, 1.165) is 25.3 Å². The summed E-state index contributed by atoms with van der Waals surface area (Å²) >= 11 is 0. The van der Waals surface area contributed by atoms with E-state index in [1.165, 1.54) is 0 Å². The van der Waals surface area contributed by atoms with Gasteiger partial charge in [0.2, 0.25) is 0 Å². The van der Waals surface area contributed by atoms with E-state index in [4.69, 9.17) is 4.74 Å². The van der Waals surface area contributed by atoms with Crippen LogP contribution in [0.5, 0.6) is 5.75 Å². The minimum absolute atomic E-state index is 0.0213. The van der Waals surface area contributed by atoms with Gasteiger partial charge in [0, 0.05) is 24.5 Å². The summed E-state index contributed by atoms with van der Waals surface area (Å²) in [7, 11) is 0. The first-order valence-electron chi connectivity index (χ1n) is 7.19. The number of para-hydroxylation sites is 1. The van der Waals surface area contributed by atoms with Crippen molar-refractivity contribution in [3.05, 3.63) is 54.9 Å².